The van der Waals surface area contributed by atoms with E-state index in [0.29, 0.717) is 25.6 Å². The number of ether oxygens (including phenoxy) is 2. The molecule has 4 rings (SSSR count). The summed E-state index contributed by atoms with van der Waals surface area (Å²) in [6.45, 7) is 10.5. The summed E-state index contributed by atoms with van der Waals surface area (Å²) in [6.07, 6.45) is 6.95. The van der Waals surface area contributed by atoms with Crippen molar-refractivity contribution in [2.45, 2.75) is 52.6 Å². The van der Waals surface area contributed by atoms with Gasteiger partial charge >= 0.3 is 12.1 Å². The highest BCUT2D eigenvalue weighted by Crippen LogP contribution is 2.53. The lowest BCUT2D eigenvalue weighted by Crippen LogP contribution is -2.50. The fraction of sp³-hybridized carbons (Fsp3) is 0.818. The Hall–Kier alpha value is -1.56. The minimum Gasteiger partial charge on any atom is -0.461 e. The van der Waals surface area contributed by atoms with Gasteiger partial charge in [-0.05, 0) is 37.5 Å². The Morgan fingerprint density at radius 1 is 1.32 bits per heavy atom. The number of carbonyl (C=O) groups is 2. The van der Waals surface area contributed by atoms with Crippen LogP contribution in [0.15, 0.2) is 11.6 Å². The molecule has 0 aromatic heterocycles. The van der Waals surface area contributed by atoms with Crippen LogP contribution in [0.5, 0.6) is 0 Å². The number of hydrogen-bond donors (Lipinski definition) is 0. The Balaban J connectivity index is 1.42. The third-order valence-electron chi connectivity index (χ3n) is 7.43. The number of allylic oxidation sites excluding steroid dienone is 1. The van der Waals surface area contributed by atoms with E-state index >= 15 is 0 Å². The molecule has 0 spiro atoms. The van der Waals surface area contributed by atoms with Crippen LogP contribution in [0, 0.1) is 23.2 Å². The predicted octanol–water partition coefficient (Wildman–Crippen LogP) is 3.07. The maximum Gasteiger partial charge on any atom is 0.409 e. The molecule has 6 heteroatoms. The van der Waals surface area contributed by atoms with E-state index in [4.69, 9.17) is 9.47 Å². The molecule has 6 nitrogen and oxygen atoms in total. The highest BCUT2D eigenvalue weighted by Gasteiger charge is 2.52. The van der Waals surface area contributed by atoms with Crippen LogP contribution in [0.25, 0.3) is 0 Å². The number of fused-ring (bicyclic) bond motifs is 2. The van der Waals surface area contributed by atoms with Gasteiger partial charge in [0.25, 0.3) is 0 Å². The second-order valence-corrected chi connectivity index (χ2v) is 9.33. The molecule has 28 heavy (non-hydrogen) atoms. The molecule has 2 aliphatic heterocycles. The Bertz CT molecular complexity index is 655. The number of rotatable bonds is 3. The van der Waals surface area contributed by atoms with Gasteiger partial charge in [0.2, 0.25) is 0 Å². The summed E-state index contributed by atoms with van der Waals surface area (Å²) < 4.78 is 11.0. The van der Waals surface area contributed by atoms with Gasteiger partial charge in [-0.1, -0.05) is 31.9 Å². The predicted molar refractivity (Wildman–Crippen MR) is 106 cm³/mol. The lowest BCUT2D eigenvalue weighted by molar-refractivity contribution is -0.145. The van der Waals surface area contributed by atoms with Crippen LogP contribution in [0.2, 0.25) is 0 Å². The third-order valence-corrected chi connectivity index (χ3v) is 7.43. The smallest absolute Gasteiger partial charge is 0.409 e. The SMILES string of the molecule is CCOC(=O)N1CCN(CC2C(=O)OC3CC4(C)CCCC(C)C4=CC32)CC1. The molecule has 0 bridgehead atoms. The molecule has 4 aliphatic rings. The second kappa shape index (κ2) is 7.69. The van der Waals surface area contributed by atoms with Gasteiger partial charge in [-0.2, -0.15) is 0 Å². The number of nitrogens with zero attached hydrogens (tertiary/aromatic N) is 2. The van der Waals surface area contributed by atoms with Crippen molar-refractivity contribution < 1.29 is 19.1 Å². The van der Waals surface area contributed by atoms with Crippen LogP contribution in [0.3, 0.4) is 0 Å². The molecule has 2 heterocycles. The largest absolute Gasteiger partial charge is 0.461 e. The van der Waals surface area contributed by atoms with Gasteiger partial charge in [0.05, 0.1) is 12.5 Å². The molecule has 1 saturated carbocycles. The van der Waals surface area contributed by atoms with Gasteiger partial charge in [0.15, 0.2) is 0 Å². The first-order valence-electron chi connectivity index (χ1n) is 11.0. The van der Waals surface area contributed by atoms with Crippen molar-refractivity contribution in [2.24, 2.45) is 23.2 Å². The van der Waals surface area contributed by atoms with Crippen LogP contribution < -0.4 is 0 Å². The van der Waals surface area contributed by atoms with Gasteiger partial charge in [0, 0.05) is 38.6 Å². The van der Waals surface area contributed by atoms with Gasteiger partial charge in [0.1, 0.15) is 6.10 Å². The Morgan fingerprint density at radius 3 is 2.79 bits per heavy atom. The highest BCUT2D eigenvalue weighted by molar-refractivity contribution is 5.76. The molecule has 1 amide bonds. The first kappa shape index (κ1) is 19.7. The Morgan fingerprint density at radius 2 is 2.07 bits per heavy atom. The molecule has 2 aliphatic carbocycles. The average molecular weight is 391 g/mol. The van der Waals surface area contributed by atoms with Crippen molar-refractivity contribution >= 4 is 12.1 Å². The van der Waals surface area contributed by atoms with Crippen molar-refractivity contribution in [3.05, 3.63) is 11.6 Å². The molecular weight excluding hydrogens is 356 g/mol. The van der Waals surface area contributed by atoms with Gasteiger partial charge in [-0.3, -0.25) is 9.69 Å². The number of piperazine rings is 1. The number of carbonyl (C=O) groups excluding carboxylic acids is 2. The zero-order valence-electron chi connectivity index (χ0n) is 17.5. The van der Waals surface area contributed by atoms with E-state index in [-0.39, 0.29) is 35.4 Å². The molecule has 0 aromatic rings. The summed E-state index contributed by atoms with van der Waals surface area (Å²) >= 11 is 0. The monoisotopic (exact) mass is 390 g/mol. The second-order valence-electron chi connectivity index (χ2n) is 9.33. The third kappa shape index (κ3) is 3.56. The van der Waals surface area contributed by atoms with E-state index in [2.05, 4.69) is 24.8 Å². The molecule has 3 fully saturated rings. The summed E-state index contributed by atoms with van der Waals surface area (Å²) in [6, 6.07) is 0. The van der Waals surface area contributed by atoms with Crippen LogP contribution in [-0.2, 0) is 14.3 Å². The van der Waals surface area contributed by atoms with E-state index in [1.165, 1.54) is 19.3 Å². The molecular formula is C22H34N2O4. The van der Waals surface area contributed by atoms with Crippen molar-refractivity contribution in [3.8, 4) is 0 Å². The van der Waals surface area contributed by atoms with Gasteiger partial charge in [-0.15, -0.1) is 0 Å². The summed E-state index contributed by atoms with van der Waals surface area (Å²) in [4.78, 5) is 28.7. The molecule has 5 unspecified atom stereocenters. The summed E-state index contributed by atoms with van der Waals surface area (Å²) in [5, 5.41) is 0. The molecule has 156 valence electrons. The lowest BCUT2D eigenvalue weighted by Gasteiger charge is -2.46. The van der Waals surface area contributed by atoms with E-state index in [0.717, 1.165) is 26.1 Å². The fourth-order valence-electron chi connectivity index (χ4n) is 5.86. The maximum absolute atomic E-state index is 12.7. The van der Waals surface area contributed by atoms with E-state index in [1.54, 1.807) is 10.5 Å². The molecule has 0 radical (unpaired) electrons. The van der Waals surface area contributed by atoms with Crippen molar-refractivity contribution in [1.29, 1.82) is 0 Å². The highest BCUT2D eigenvalue weighted by atomic mass is 16.6. The standard InChI is InChI=1S/C22H34N2O4/c1-4-27-21(26)24-10-8-23(9-11-24)14-17-16-12-18-15(2)6-5-7-22(18,3)13-19(16)28-20(17)25/h12,15-17,19H,4-11,13-14H2,1-3H3. The van der Waals surface area contributed by atoms with Gasteiger partial charge < -0.3 is 14.4 Å². The van der Waals surface area contributed by atoms with E-state index in [9.17, 15) is 9.59 Å². The molecule has 5 atom stereocenters. The molecule has 2 saturated heterocycles. The zero-order valence-corrected chi connectivity index (χ0v) is 17.5. The first-order chi connectivity index (χ1) is 13.4. The minimum absolute atomic E-state index is 0.0328. The lowest BCUT2D eigenvalue weighted by atomic mass is 9.59. The molecule has 0 N–H and O–H groups in total. The molecule has 0 aromatic carbocycles. The van der Waals surface area contributed by atoms with Crippen LogP contribution >= 0.6 is 0 Å². The topological polar surface area (TPSA) is 59.1 Å². The first-order valence-corrected chi connectivity index (χ1v) is 11.0. The Kier molecular flexibility index (Phi) is 5.43. The van der Waals surface area contributed by atoms with Crippen LogP contribution in [0.4, 0.5) is 4.79 Å². The van der Waals surface area contributed by atoms with Crippen molar-refractivity contribution in [3.63, 3.8) is 0 Å². The fourth-order valence-corrected chi connectivity index (χ4v) is 5.86. The van der Waals surface area contributed by atoms with Gasteiger partial charge in [-0.25, -0.2) is 4.79 Å². The quantitative estimate of drug-likeness (QED) is 0.547. The van der Waals surface area contributed by atoms with E-state index in [1.807, 2.05) is 6.92 Å². The average Bonchev–Trinajstić information content (AvgIpc) is 2.95. The summed E-state index contributed by atoms with van der Waals surface area (Å²) in [7, 11) is 0. The summed E-state index contributed by atoms with van der Waals surface area (Å²) in [5.74, 6) is 0.711. The minimum atomic E-state index is -0.231. The maximum atomic E-state index is 12.7. The number of hydrogen-bond acceptors (Lipinski definition) is 5. The number of esters is 1. The van der Waals surface area contributed by atoms with Crippen molar-refractivity contribution in [1.82, 2.24) is 9.80 Å². The van der Waals surface area contributed by atoms with E-state index < -0.39 is 0 Å². The zero-order chi connectivity index (χ0) is 19.9. The van der Waals surface area contributed by atoms with Crippen LogP contribution in [-0.4, -0.2) is 67.3 Å². The van der Waals surface area contributed by atoms with Crippen molar-refractivity contribution in [2.75, 3.05) is 39.3 Å². The number of amides is 1. The van der Waals surface area contributed by atoms with Crippen LogP contribution in [0.1, 0.15) is 46.5 Å². The normalized spacial score (nSPS) is 38.3. The Labute approximate surface area is 168 Å². The summed E-state index contributed by atoms with van der Waals surface area (Å²) in [5.41, 5.74) is 1.77.